The molecule has 0 aliphatic heterocycles. The second kappa shape index (κ2) is 11.9. The molecule has 0 saturated carbocycles. The molecule has 1 amide bonds. The van der Waals surface area contributed by atoms with Gasteiger partial charge in [-0.1, -0.05) is 29.8 Å². The SMILES string of the molecule is COc1ccc(/C=C/C(=O)Oc2ccc(/C=N\NC(=O)CNc3ccc(C)cc3)cc2)cc1. The van der Waals surface area contributed by atoms with Gasteiger partial charge in [-0.25, -0.2) is 10.2 Å². The third-order valence-electron chi connectivity index (χ3n) is 4.53. The highest BCUT2D eigenvalue weighted by Gasteiger charge is 2.02. The van der Waals surface area contributed by atoms with E-state index >= 15 is 0 Å². The minimum atomic E-state index is -0.486. The van der Waals surface area contributed by atoms with Gasteiger partial charge in [0.05, 0.1) is 19.9 Å². The average molecular weight is 444 g/mol. The van der Waals surface area contributed by atoms with E-state index in [0.717, 1.165) is 28.1 Å². The third-order valence-corrected chi connectivity index (χ3v) is 4.53. The topological polar surface area (TPSA) is 89.0 Å². The van der Waals surface area contributed by atoms with Crippen molar-refractivity contribution >= 4 is 29.9 Å². The molecule has 0 atom stereocenters. The molecule has 33 heavy (non-hydrogen) atoms. The fraction of sp³-hybridized carbons (Fsp3) is 0.115. The monoisotopic (exact) mass is 443 g/mol. The molecular weight excluding hydrogens is 418 g/mol. The van der Waals surface area contributed by atoms with E-state index in [0.29, 0.717) is 5.75 Å². The number of ether oxygens (including phenoxy) is 2. The summed E-state index contributed by atoms with van der Waals surface area (Å²) in [5, 5.41) is 6.97. The molecule has 168 valence electrons. The van der Waals surface area contributed by atoms with Crippen molar-refractivity contribution < 1.29 is 19.1 Å². The summed E-state index contributed by atoms with van der Waals surface area (Å²) in [7, 11) is 1.60. The maximum absolute atomic E-state index is 12.0. The molecule has 3 aromatic carbocycles. The van der Waals surface area contributed by atoms with E-state index in [4.69, 9.17) is 9.47 Å². The Morgan fingerprint density at radius 3 is 2.18 bits per heavy atom. The molecule has 7 nitrogen and oxygen atoms in total. The summed E-state index contributed by atoms with van der Waals surface area (Å²) in [4.78, 5) is 23.9. The number of nitrogens with zero attached hydrogens (tertiary/aromatic N) is 1. The number of anilines is 1. The number of nitrogens with one attached hydrogen (secondary N) is 2. The van der Waals surface area contributed by atoms with E-state index < -0.39 is 5.97 Å². The molecule has 0 spiro atoms. The van der Waals surface area contributed by atoms with Crippen LogP contribution in [0.1, 0.15) is 16.7 Å². The molecule has 0 aliphatic rings. The zero-order valence-corrected chi connectivity index (χ0v) is 18.4. The van der Waals surface area contributed by atoms with Crippen LogP contribution in [0.3, 0.4) is 0 Å². The van der Waals surface area contributed by atoms with Gasteiger partial charge >= 0.3 is 5.97 Å². The van der Waals surface area contributed by atoms with Crippen LogP contribution in [-0.4, -0.2) is 31.7 Å². The van der Waals surface area contributed by atoms with Crippen LogP contribution in [0.15, 0.2) is 84.0 Å². The zero-order chi connectivity index (χ0) is 23.5. The molecule has 0 aliphatic carbocycles. The summed E-state index contributed by atoms with van der Waals surface area (Å²) >= 11 is 0. The highest BCUT2D eigenvalue weighted by molar-refractivity contribution is 5.89. The maximum Gasteiger partial charge on any atom is 0.336 e. The fourth-order valence-electron chi connectivity index (χ4n) is 2.72. The zero-order valence-electron chi connectivity index (χ0n) is 18.4. The molecule has 0 fully saturated rings. The van der Waals surface area contributed by atoms with E-state index in [1.165, 1.54) is 12.3 Å². The van der Waals surface area contributed by atoms with Gasteiger partial charge in [-0.3, -0.25) is 4.79 Å². The van der Waals surface area contributed by atoms with Gasteiger partial charge in [0.25, 0.3) is 5.91 Å². The van der Waals surface area contributed by atoms with Gasteiger partial charge in [-0.15, -0.1) is 0 Å². The normalized spacial score (nSPS) is 10.8. The molecular formula is C26H25N3O4. The number of hydrogen-bond donors (Lipinski definition) is 2. The van der Waals surface area contributed by atoms with Crippen molar-refractivity contribution in [3.8, 4) is 11.5 Å². The molecule has 2 N–H and O–H groups in total. The summed E-state index contributed by atoms with van der Waals surface area (Å²) in [5.41, 5.74) is 6.08. The van der Waals surface area contributed by atoms with Crippen molar-refractivity contribution in [2.75, 3.05) is 19.0 Å². The lowest BCUT2D eigenvalue weighted by atomic mass is 10.2. The van der Waals surface area contributed by atoms with E-state index in [1.807, 2.05) is 55.5 Å². The summed E-state index contributed by atoms with van der Waals surface area (Å²) in [6.45, 7) is 2.11. The highest BCUT2D eigenvalue weighted by Crippen LogP contribution is 2.14. The predicted molar refractivity (Wildman–Crippen MR) is 130 cm³/mol. The van der Waals surface area contributed by atoms with Crippen molar-refractivity contribution in [3.05, 3.63) is 95.6 Å². The number of esters is 1. The number of hydrazone groups is 1. The lowest BCUT2D eigenvalue weighted by molar-refractivity contribution is -0.129. The maximum atomic E-state index is 12.0. The van der Waals surface area contributed by atoms with Crippen LogP contribution in [0.4, 0.5) is 5.69 Å². The number of methoxy groups -OCH3 is 1. The largest absolute Gasteiger partial charge is 0.497 e. The van der Waals surface area contributed by atoms with Crippen LogP contribution in [0.2, 0.25) is 0 Å². The highest BCUT2D eigenvalue weighted by atomic mass is 16.5. The van der Waals surface area contributed by atoms with Crippen LogP contribution >= 0.6 is 0 Å². The van der Waals surface area contributed by atoms with Crippen LogP contribution in [0.25, 0.3) is 6.08 Å². The van der Waals surface area contributed by atoms with Crippen molar-refractivity contribution in [2.24, 2.45) is 5.10 Å². The second-order valence-corrected chi connectivity index (χ2v) is 7.11. The van der Waals surface area contributed by atoms with Crippen LogP contribution in [0.5, 0.6) is 11.5 Å². The minimum absolute atomic E-state index is 0.110. The van der Waals surface area contributed by atoms with Gasteiger partial charge in [0.2, 0.25) is 0 Å². The van der Waals surface area contributed by atoms with E-state index in [2.05, 4.69) is 15.8 Å². The predicted octanol–water partition coefficient (Wildman–Crippen LogP) is 4.18. The van der Waals surface area contributed by atoms with Gasteiger partial charge in [0.1, 0.15) is 11.5 Å². The molecule has 0 unspecified atom stereocenters. The average Bonchev–Trinajstić information content (AvgIpc) is 2.84. The fourth-order valence-corrected chi connectivity index (χ4v) is 2.72. The Hall–Kier alpha value is -4.39. The standard InChI is InChI=1S/C26H25N3O4/c1-19-3-10-22(11-4-19)27-18-25(30)29-28-17-21-7-14-24(15-8-21)33-26(31)16-9-20-5-12-23(32-2)13-6-20/h3-17,27H,18H2,1-2H3,(H,29,30)/b16-9+,28-17-. The first kappa shape index (κ1) is 23.3. The van der Waals surface area contributed by atoms with Gasteiger partial charge in [0.15, 0.2) is 0 Å². The number of rotatable bonds is 9. The van der Waals surface area contributed by atoms with Gasteiger partial charge in [-0.05, 0) is 72.7 Å². The van der Waals surface area contributed by atoms with E-state index in [1.54, 1.807) is 37.5 Å². The molecule has 0 radical (unpaired) electrons. The summed E-state index contributed by atoms with van der Waals surface area (Å²) in [5.74, 6) is 0.404. The smallest absolute Gasteiger partial charge is 0.336 e. The first-order chi connectivity index (χ1) is 16.0. The lowest BCUT2D eigenvalue weighted by Crippen LogP contribution is -2.25. The molecule has 7 heteroatoms. The van der Waals surface area contributed by atoms with Crippen molar-refractivity contribution in [3.63, 3.8) is 0 Å². The Morgan fingerprint density at radius 2 is 1.52 bits per heavy atom. The van der Waals surface area contributed by atoms with Crippen molar-refractivity contribution in [1.29, 1.82) is 0 Å². The van der Waals surface area contributed by atoms with Crippen molar-refractivity contribution in [1.82, 2.24) is 5.43 Å². The summed E-state index contributed by atoms with van der Waals surface area (Å²) < 4.78 is 10.4. The number of amides is 1. The second-order valence-electron chi connectivity index (χ2n) is 7.11. The lowest BCUT2D eigenvalue weighted by Gasteiger charge is -2.05. The van der Waals surface area contributed by atoms with Gasteiger partial charge < -0.3 is 14.8 Å². The summed E-state index contributed by atoms with van der Waals surface area (Å²) in [6.07, 6.45) is 4.54. The van der Waals surface area contributed by atoms with E-state index in [-0.39, 0.29) is 12.5 Å². The Kier molecular flexibility index (Phi) is 8.36. The number of carbonyl (C=O) groups excluding carboxylic acids is 2. The van der Waals surface area contributed by atoms with Gasteiger partial charge in [-0.2, -0.15) is 5.10 Å². The first-order valence-corrected chi connectivity index (χ1v) is 10.3. The molecule has 0 bridgehead atoms. The Balaban J connectivity index is 1.42. The van der Waals surface area contributed by atoms with E-state index in [9.17, 15) is 9.59 Å². The Labute approximate surface area is 192 Å². The van der Waals surface area contributed by atoms with Crippen LogP contribution in [-0.2, 0) is 9.59 Å². The van der Waals surface area contributed by atoms with Crippen molar-refractivity contribution in [2.45, 2.75) is 6.92 Å². The number of hydrogen-bond acceptors (Lipinski definition) is 6. The number of benzene rings is 3. The molecule has 0 heterocycles. The summed E-state index contributed by atoms with van der Waals surface area (Å²) in [6, 6.07) is 21.8. The van der Waals surface area contributed by atoms with Crippen LogP contribution in [0, 0.1) is 6.92 Å². The Morgan fingerprint density at radius 1 is 0.879 bits per heavy atom. The molecule has 0 saturated heterocycles. The minimum Gasteiger partial charge on any atom is -0.497 e. The van der Waals surface area contributed by atoms with Crippen LogP contribution < -0.4 is 20.2 Å². The van der Waals surface area contributed by atoms with Gasteiger partial charge in [0, 0.05) is 11.8 Å². The number of carbonyl (C=O) groups is 2. The molecule has 0 aromatic heterocycles. The Bertz CT molecular complexity index is 1120. The quantitative estimate of drug-likeness (QED) is 0.170. The third kappa shape index (κ3) is 7.99. The number of aryl methyl sites for hydroxylation is 1. The molecule has 3 aromatic rings. The molecule has 3 rings (SSSR count). The first-order valence-electron chi connectivity index (χ1n) is 10.3.